The Kier molecular flexibility index (Phi) is 4.63. The van der Waals surface area contributed by atoms with E-state index in [0.717, 1.165) is 25.3 Å². The molecular weight excluding hydrogens is 210 g/mol. The molecule has 1 aromatic carbocycles. The van der Waals surface area contributed by atoms with E-state index in [4.69, 9.17) is 4.74 Å². The van der Waals surface area contributed by atoms with E-state index < -0.39 is 0 Å². The topological polar surface area (TPSA) is 13.7 Å². The second kappa shape index (κ2) is 6.45. The van der Waals surface area contributed by atoms with Gasteiger partial charge in [0.2, 0.25) is 0 Å². The summed E-state index contributed by atoms with van der Waals surface area (Å²) in [7, 11) is 0. The van der Waals surface area contributed by atoms with Crippen LogP contribution >= 0.6 is 0 Å². The summed E-state index contributed by atoms with van der Waals surface area (Å²) in [6.45, 7) is 8.37. The van der Waals surface area contributed by atoms with E-state index in [1.54, 1.807) is 4.90 Å². The fraction of sp³-hybridized carbons (Fsp3) is 0.467. The molecule has 0 unspecified atom stereocenters. The molecule has 0 amide bonds. The molecule has 17 heavy (non-hydrogen) atoms. The SMILES string of the molecule is C=CCc1ccccc1OCC[NH+]1CCCC1. The summed E-state index contributed by atoms with van der Waals surface area (Å²) in [6.07, 6.45) is 5.56. The number of rotatable bonds is 6. The number of likely N-dealkylation sites (tertiary alicyclic amines) is 1. The molecule has 1 N–H and O–H groups in total. The Bertz CT molecular complexity index is 356. The number of hydrogen-bond donors (Lipinski definition) is 1. The third-order valence-electron chi connectivity index (χ3n) is 3.36. The number of hydrogen-bond acceptors (Lipinski definition) is 1. The normalized spacial score (nSPS) is 16.0. The fourth-order valence-corrected chi connectivity index (χ4v) is 2.40. The smallest absolute Gasteiger partial charge is 0.137 e. The van der Waals surface area contributed by atoms with Crippen molar-refractivity contribution in [3.63, 3.8) is 0 Å². The van der Waals surface area contributed by atoms with Gasteiger partial charge in [-0.1, -0.05) is 24.3 Å². The van der Waals surface area contributed by atoms with Crippen LogP contribution in [0, 0.1) is 0 Å². The fourth-order valence-electron chi connectivity index (χ4n) is 2.40. The van der Waals surface area contributed by atoms with Crippen molar-refractivity contribution in [3.05, 3.63) is 42.5 Å². The van der Waals surface area contributed by atoms with Gasteiger partial charge in [0.25, 0.3) is 0 Å². The van der Waals surface area contributed by atoms with Crippen LogP contribution in [-0.2, 0) is 6.42 Å². The zero-order valence-electron chi connectivity index (χ0n) is 10.5. The molecule has 92 valence electrons. The number of ether oxygens (including phenoxy) is 1. The van der Waals surface area contributed by atoms with Gasteiger partial charge in [0.1, 0.15) is 18.9 Å². The molecule has 0 atom stereocenters. The van der Waals surface area contributed by atoms with Crippen molar-refractivity contribution in [1.82, 2.24) is 0 Å². The third kappa shape index (κ3) is 3.60. The molecule has 2 heteroatoms. The van der Waals surface area contributed by atoms with Gasteiger partial charge < -0.3 is 9.64 Å². The van der Waals surface area contributed by atoms with Crippen LogP contribution in [0.3, 0.4) is 0 Å². The summed E-state index contributed by atoms with van der Waals surface area (Å²) in [5, 5.41) is 0. The van der Waals surface area contributed by atoms with Gasteiger partial charge in [0.15, 0.2) is 0 Å². The lowest BCUT2D eigenvalue weighted by molar-refractivity contribution is -0.887. The number of allylic oxidation sites excluding steroid dienone is 1. The van der Waals surface area contributed by atoms with Crippen LogP contribution in [0.4, 0.5) is 0 Å². The average molecular weight is 232 g/mol. The zero-order valence-corrected chi connectivity index (χ0v) is 10.5. The number of benzene rings is 1. The number of nitrogens with one attached hydrogen (secondary N) is 1. The molecule has 0 spiro atoms. The highest BCUT2D eigenvalue weighted by molar-refractivity contribution is 5.34. The van der Waals surface area contributed by atoms with Crippen molar-refractivity contribution < 1.29 is 9.64 Å². The van der Waals surface area contributed by atoms with E-state index in [1.807, 2.05) is 12.1 Å². The Morgan fingerprint density at radius 3 is 2.76 bits per heavy atom. The summed E-state index contributed by atoms with van der Waals surface area (Å²) in [4.78, 5) is 1.69. The molecule has 0 bridgehead atoms. The Morgan fingerprint density at radius 2 is 2.00 bits per heavy atom. The first kappa shape index (κ1) is 12.2. The van der Waals surface area contributed by atoms with Gasteiger partial charge in [-0.05, 0) is 18.1 Å². The summed E-state index contributed by atoms with van der Waals surface area (Å²) in [5.41, 5.74) is 1.24. The van der Waals surface area contributed by atoms with E-state index in [2.05, 4.69) is 24.8 Å². The summed E-state index contributed by atoms with van der Waals surface area (Å²) in [5.74, 6) is 1.02. The minimum atomic E-state index is 0.823. The minimum absolute atomic E-state index is 0.823. The third-order valence-corrected chi connectivity index (χ3v) is 3.36. The molecule has 2 nitrogen and oxygen atoms in total. The van der Waals surface area contributed by atoms with Crippen LogP contribution in [0.1, 0.15) is 18.4 Å². The van der Waals surface area contributed by atoms with Crippen LogP contribution in [0.25, 0.3) is 0 Å². The predicted molar refractivity (Wildman–Crippen MR) is 70.6 cm³/mol. The van der Waals surface area contributed by atoms with Gasteiger partial charge in [-0.2, -0.15) is 0 Å². The molecule has 2 rings (SSSR count). The molecule has 0 aliphatic carbocycles. The standard InChI is InChI=1S/C15H21NO/c1-2-7-14-8-3-4-9-15(14)17-13-12-16-10-5-6-11-16/h2-4,8-9H,1,5-7,10-13H2/p+1. The van der Waals surface area contributed by atoms with Gasteiger partial charge in [-0.25, -0.2) is 0 Å². The van der Waals surface area contributed by atoms with Crippen LogP contribution in [0.5, 0.6) is 5.75 Å². The van der Waals surface area contributed by atoms with Crippen LogP contribution in [0.2, 0.25) is 0 Å². The maximum Gasteiger partial charge on any atom is 0.137 e. The predicted octanol–water partition coefficient (Wildman–Crippen LogP) is 1.47. The molecule has 0 aromatic heterocycles. The Balaban J connectivity index is 1.82. The van der Waals surface area contributed by atoms with E-state index >= 15 is 0 Å². The number of quaternary nitrogens is 1. The molecule has 0 radical (unpaired) electrons. The summed E-state index contributed by atoms with van der Waals surface area (Å²) < 4.78 is 5.88. The highest BCUT2D eigenvalue weighted by atomic mass is 16.5. The van der Waals surface area contributed by atoms with Crippen LogP contribution in [-0.4, -0.2) is 26.2 Å². The molecule has 1 aliphatic heterocycles. The Morgan fingerprint density at radius 1 is 1.24 bits per heavy atom. The minimum Gasteiger partial charge on any atom is -0.487 e. The Labute approximate surface area is 104 Å². The lowest BCUT2D eigenvalue weighted by Crippen LogP contribution is -3.10. The molecule has 1 aliphatic rings. The van der Waals surface area contributed by atoms with Crippen molar-refractivity contribution in [2.24, 2.45) is 0 Å². The molecule has 0 saturated carbocycles. The Hall–Kier alpha value is -1.28. The van der Waals surface area contributed by atoms with Gasteiger partial charge >= 0.3 is 0 Å². The highest BCUT2D eigenvalue weighted by Crippen LogP contribution is 2.18. The zero-order chi connectivity index (χ0) is 11.9. The van der Waals surface area contributed by atoms with E-state index in [-0.39, 0.29) is 0 Å². The summed E-state index contributed by atoms with van der Waals surface area (Å²) >= 11 is 0. The van der Waals surface area contributed by atoms with E-state index in [9.17, 15) is 0 Å². The first-order valence-corrected chi connectivity index (χ1v) is 6.55. The summed E-state index contributed by atoms with van der Waals surface area (Å²) in [6, 6.07) is 8.25. The maximum atomic E-state index is 5.88. The molecule has 1 saturated heterocycles. The lowest BCUT2D eigenvalue weighted by Gasteiger charge is -2.14. The molecule has 1 heterocycles. The molecule has 1 aromatic rings. The van der Waals surface area contributed by atoms with E-state index in [1.165, 1.54) is 31.5 Å². The van der Waals surface area contributed by atoms with Gasteiger partial charge in [-0.15, -0.1) is 6.58 Å². The van der Waals surface area contributed by atoms with E-state index in [0.29, 0.717) is 0 Å². The van der Waals surface area contributed by atoms with Crippen molar-refractivity contribution in [1.29, 1.82) is 0 Å². The first-order chi connectivity index (χ1) is 8.40. The largest absolute Gasteiger partial charge is 0.487 e. The van der Waals surface area contributed by atoms with Gasteiger partial charge in [0, 0.05) is 12.8 Å². The second-order valence-electron chi connectivity index (χ2n) is 4.66. The highest BCUT2D eigenvalue weighted by Gasteiger charge is 2.14. The maximum absolute atomic E-state index is 5.88. The molecular formula is C15H22NO+. The van der Waals surface area contributed by atoms with Crippen molar-refractivity contribution >= 4 is 0 Å². The van der Waals surface area contributed by atoms with Gasteiger partial charge in [-0.3, -0.25) is 0 Å². The van der Waals surface area contributed by atoms with Gasteiger partial charge in [0.05, 0.1) is 13.1 Å². The average Bonchev–Trinajstić information content (AvgIpc) is 2.85. The van der Waals surface area contributed by atoms with Crippen LogP contribution in [0.15, 0.2) is 36.9 Å². The second-order valence-corrected chi connectivity index (χ2v) is 4.66. The number of para-hydroxylation sites is 1. The quantitative estimate of drug-likeness (QED) is 0.733. The monoisotopic (exact) mass is 232 g/mol. The van der Waals surface area contributed by atoms with Crippen molar-refractivity contribution in [2.75, 3.05) is 26.2 Å². The van der Waals surface area contributed by atoms with Crippen molar-refractivity contribution in [3.8, 4) is 5.75 Å². The molecule has 1 fully saturated rings. The lowest BCUT2D eigenvalue weighted by atomic mass is 10.1. The van der Waals surface area contributed by atoms with Crippen LogP contribution < -0.4 is 9.64 Å². The first-order valence-electron chi connectivity index (χ1n) is 6.55. The van der Waals surface area contributed by atoms with Crippen molar-refractivity contribution in [2.45, 2.75) is 19.3 Å².